The zero-order valence-corrected chi connectivity index (χ0v) is 35.3. The maximum atomic E-state index is 14.1. The highest BCUT2D eigenvalue weighted by Gasteiger charge is 2.34. The van der Waals surface area contributed by atoms with Crippen molar-refractivity contribution >= 4 is 52.7 Å². The molecule has 14 heteroatoms. The number of likely N-dealkylation sites (tertiary alicyclic amines) is 1. The molecule has 3 aromatic carbocycles. The van der Waals surface area contributed by atoms with Gasteiger partial charge in [-0.25, -0.2) is 0 Å². The van der Waals surface area contributed by atoms with E-state index in [4.69, 9.17) is 34.7 Å². The molecule has 3 aromatic rings. The quantitative estimate of drug-likeness (QED) is 0.105. The number of nitrogens with two attached hydrogens (primary N) is 2. The molecule has 5 amide bonds. The van der Waals surface area contributed by atoms with E-state index in [9.17, 15) is 24.0 Å². The predicted molar refractivity (Wildman–Crippen MR) is 229 cm³/mol. The van der Waals surface area contributed by atoms with Crippen LogP contribution in [-0.4, -0.2) is 96.2 Å². The number of halogens is 2. The topological polar surface area (TPSA) is 180 Å². The summed E-state index contributed by atoms with van der Waals surface area (Å²) in [5.41, 5.74) is 14.6. The smallest absolute Gasteiger partial charge is 0.245 e. The number of piperidine rings is 1. The summed E-state index contributed by atoms with van der Waals surface area (Å²) in [5, 5.41) is 9.53. The van der Waals surface area contributed by atoms with E-state index < -0.39 is 41.9 Å². The molecule has 1 fully saturated rings. The molecule has 12 nitrogen and oxygen atoms in total. The van der Waals surface area contributed by atoms with Gasteiger partial charge < -0.3 is 37.2 Å². The zero-order chi connectivity index (χ0) is 42.2. The van der Waals surface area contributed by atoms with Gasteiger partial charge in [-0.05, 0) is 86.2 Å². The van der Waals surface area contributed by atoms with Crippen molar-refractivity contribution in [3.05, 3.63) is 106 Å². The van der Waals surface area contributed by atoms with Gasteiger partial charge >= 0.3 is 0 Å². The number of nitrogens with one attached hydrogen (secondary N) is 3. The van der Waals surface area contributed by atoms with Gasteiger partial charge in [0.15, 0.2) is 0 Å². The van der Waals surface area contributed by atoms with Crippen molar-refractivity contribution in [3.8, 4) is 0 Å². The average Bonchev–Trinajstić information content (AvgIpc) is 3.21. The van der Waals surface area contributed by atoms with Crippen molar-refractivity contribution in [1.82, 2.24) is 25.8 Å². The Bertz CT molecular complexity index is 1810. The lowest BCUT2D eigenvalue weighted by Gasteiger charge is -2.38. The standard InChI is InChI=1S/C44H59Cl2N7O5/c1-29(2)24-38(51-43(57)39(27-31-14-8-5-9-15-31)50-41(55)36(48)26-30-12-6-4-7-13-30)42(56)49-37(16-10-11-21-47)44(58)53-22-19-33(20-23-53)52(3)40(54)28-32-17-18-34(45)35(46)25-32/h4-9,12-15,17-18,25,29,33,36-39H,10-11,16,19-24,26-28,47-48H2,1-3H3,(H,49,56)(H,50,55)(H,51,57)/t36-,37-,38-,39-/m1/s1. The molecular weight excluding hydrogens is 777 g/mol. The van der Waals surface area contributed by atoms with Gasteiger partial charge in [0.05, 0.1) is 22.5 Å². The van der Waals surface area contributed by atoms with E-state index in [1.54, 1.807) is 35.0 Å². The number of nitrogens with zero attached hydrogens (tertiary/aromatic N) is 2. The number of carbonyl (C=O) groups excluding carboxylic acids is 5. The lowest BCUT2D eigenvalue weighted by molar-refractivity contribution is -0.140. The van der Waals surface area contributed by atoms with Gasteiger partial charge in [-0.15, -0.1) is 0 Å². The highest BCUT2D eigenvalue weighted by atomic mass is 35.5. The first kappa shape index (κ1) is 46.2. The minimum atomic E-state index is -1.02. The van der Waals surface area contributed by atoms with Crippen molar-refractivity contribution in [1.29, 1.82) is 0 Å². The number of amides is 5. The molecule has 1 heterocycles. The Labute approximate surface area is 352 Å². The van der Waals surface area contributed by atoms with Crippen LogP contribution in [0.3, 0.4) is 0 Å². The summed E-state index contributed by atoms with van der Waals surface area (Å²) in [7, 11) is 1.77. The van der Waals surface area contributed by atoms with Crippen LogP contribution >= 0.6 is 23.2 Å². The van der Waals surface area contributed by atoms with Crippen molar-refractivity contribution in [2.24, 2.45) is 17.4 Å². The number of hydrogen-bond acceptors (Lipinski definition) is 7. The molecule has 0 saturated carbocycles. The fourth-order valence-corrected chi connectivity index (χ4v) is 7.46. The van der Waals surface area contributed by atoms with Gasteiger partial charge in [-0.2, -0.15) is 0 Å². The van der Waals surface area contributed by atoms with E-state index in [-0.39, 0.29) is 43.0 Å². The second-order valence-electron chi connectivity index (χ2n) is 15.6. The molecule has 0 aliphatic carbocycles. The molecule has 1 aliphatic heterocycles. The monoisotopic (exact) mass is 835 g/mol. The maximum absolute atomic E-state index is 14.1. The summed E-state index contributed by atoms with van der Waals surface area (Å²) in [6.45, 7) is 5.16. The summed E-state index contributed by atoms with van der Waals surface area (Å²) in [5.74, 6) is -1.77. The molecular formula is C44H59Cl2N7O5. The highest BCUT2D eigenvalue weighted by molar-refractivity contribution is 6.42. The molecule has 0 unspecified atom stereocenters. The van der Waals surface area contributed by atoms with Crippen LogP contribution in [0.1, 0.15) is 69.1 Å². The third kappa shape index (κ3) is 14.4. The fraction of sp³-hybridized carbons (Fsp3) is 0.477. The first-order chi connectivity index (χ1) is 27.7. The molecule has 4 atom stereocenters. The van der Waals surface area contributed by atoms with Crippen LogP contribution in [-0.2, 0) is 43.2 Å². The number of benzene rings is 3. The van der Waals surface area contributed by atoms with E-state index in [0.29, 0.717) is 68.2 Å². The minimum absolute atomic E-state index is 0.0132. The third-order valence-electron chi connectivity index (χ3n) is 10.5. The Hall–Kier alpha value is -4.49. The predicted octanol–water partition coefficient (Wildman–Crippen LogP) is 4.43. The van der Waals surface area contributed by atoms with E-state index >= 15 is 0 Å². The Kier molecular flexibility index (Phi) is 18.5. The molecule has 0 bridgehead atoms. The Morgan fingerprint density at radius 3 is 1.90 bits per heavy atom. The van der Waals surface area contributed by atoms with Crippen molar-refractivity contribution in [2.45, 2.75) is 102 Å². The summed E-state index contributed by atoms with van der Waals surface area (Å²) in [6, 6.07) is 20.0. The van der Waals surface area contributed by atoms with E-state index in [2.05, 4.69) is 16.0 Å². The summed E-state index contributed by atoms with van der Waals surface area (Å²) >= 11 is 12.2. The van der Waals surface area contributed by atoms with Crippen molar-refractivity contribution in [2.75, 3.05) is 26.7 Å². The van der Waals surface area contributed by atoms with Crippen LogP contribution in [0, 0.1) is 5.92 Å². The lowest BCUT2D eigenvalue weighted by Crippen LogP contribution is -2.59. The van der Waals surface area contributed by atoms with Gasteiger partial charge in [-0.3, -0.25) is 24.0 Å². The first-order valence-corrected chi connectivity index (χ1v) is 20.9. The molecule has 1 aliphatic rings. The number of rotatable bonds is 20. The summed E-state index contributed by atoms with van der Waals surface area (Å²) in [6.07, 6.45) is 3.76. The Morgan fingerprint density at radius 2 is 1.31 bits per heavy atom. The van der Waals surface area contributed by atoms with Gasteiger partial charge in [0.25, 0.3) is 0 Å². The third-order valence-corrected chi connectivity index (χ3v) is 11.2. The first-order valence-electron chi connectivity index (χ1n) is 20.2. The number of carbonyl (C=O) groups is 5. The van der Waals surface area contributed by atoms with Crippen LogP contribution in [0.4, 0.5) is 0 Å². The highest BCUT2D eigenvalue weighted by Crippen LogP contribution is 2.24. The summed E-state index contributed by atoms with van der Waals surface area (Å²) in [4.78, 5) is 72.1. The molecule has 0 radical (unpaired) electrons. The molecule has 58 heavy (non-hydrogen) atoms. The second kappa shape index (κ2) is 23.2. The molecule has 7 N–H and O–H groups in total. The van der Waals surface area contributed by atoms with Crippen LogP contribution in [0.2, 0.25) is 10.0 Å². The van der Waals surface area contributed by atoms with E-state index in [1.807, 2.05) is 74.5 Å². The molecule has 314 valence electrons. The minimum Gasteiger partial charge on any atom is -0.343 e. The van der Waals surface area contributed by atoms with Gasteiger partial charge in [0, 0.05) is 32.6 Å². The van der Waals surface area contributed by atoms with E-state index in [0.717, 1.165) is 16.7 Å². The Morgan fingerprint density at radius 1 is 0.741 bits per heavy atom. The second-order valence-corrected chi connectivity index (χ2v) is 16.4. The van der Waals surface area contributed by atoms with Crippen LogP contribution < -0.4 is 27.4 Å². The molecule has 4 rings (SSSR count). The molecule has 0 aromatic heterocycles. The van der Waals surface area contributed by atoms with Crippen LogP contribution in [0.5, 0.6) is 0 Å². The molecule has 1 saturated heterocycles. The average molecular weight is 837 g/mol. The number of likely N-dealkylation sites (N-methyl/N-ethyl adjacent to an activating group) is 1. The van der Waals surface area contributed by atoms with E-state index in [1.165, 1.54) is 0 Å². The van der Waals surface area contributed by atoms with Gasteiger partial charge in [-0.1, -0.05) is 104 Å². The zero-order valence-electron chi connectivity index (χ0n) is 33.8. The molecule has 0 spiro atoms. The summed E-state index contributed by atoms with van der Waals surface area (Å²) < 4.78 is 0. The van der Waals surface area contributed by atoms with Crippen molar-refractivity contribution in [3.63, 3.8) is 0 Å². The normalized spacial score (nSPS) is 15.2. The number of hydrogen-bond donors (Lipinski definition) is 5. The van der Waals surface area contributed by atoms with Gasteiger partial charge in [0.1, 0.15) is 18.1 Å². The largest absolute Gasteiger partial charge is 0.343 e. The van der Waals surface area contributed by atoms with Crippen molar-refractivity contribution < 1.29 is 24.0 Å². The lowest BCUT2D eigenvalue weighted by atomic mass is 9.99. The fourth-order valence-electron chi connectivity index (χ4n) is 7.14. The number of unbranched alkanes of at least 4 members (excludes halogenated alkanes) is 1. The van der Waals surface area contributed by atoms with Crippen LogP contribution in [0.15, 0.2) is 78.9 Å². The Balaban J connectivity index is 1.42. The van der Waals surface area contributed by atoms with Gasteiger partial charge in [0.2, 0.25) is 29.5 Å². The van der Waals surface area contributed by atoms with Crippen LogP contribution in [0.25, 0.3) is 0 Å². The maximum Gasteiger partial charge on any atom is 0.245 e. The SMILES string of the molecule is CC(C)C[C@@H](NC(=O)[C@@H](Cc1ccccc1)NC(=O)[C@H](N)Cc1ccccc1)C(=O)N[C@H](CCCCN)C(=O)N1CCC(N(C)C(=O)Cc2ccc(Cl)c(Cl)c2)CC1.